The lowest BCUT2D eigenvalue weighted by atomic mass is 9.86. The van der Waals surface area contributed by atoms with E-state index in [9.17, 15) is 13.2 Å². The van der Waals surface area contributed by atoms with Crippen LogP contribution in [-0.4, -0.2) is 29.4 Å². The molecular formula is C12H16F3N3O. The van der Waals surface area contributed by atoms with Crippen molar-refractivity contribution in [1.29, 1.82) is 0 Å². The van der Waals surface area contributed by atoms with E-state index >= 15 is 0 Å². The molecule has 0 aromatic carbocycles. The van der Waals surface area contributed by atoms with Crippen LogP contribution in [0, 0.1) is 0 Å². The summed E-state index contributed by atoms with van der Waals surface area (Å²) < 4.78 is 44.9. The molecule has 1 aliphatic heterocycles. The molecular weight excluding hydrogens is 259 g/mol. The van der Waals surface area contributed by atoms with Crippen molar-refractivity contribution >= 4 is 0 Å². The Kier molecular flexibility index (Phi) is 3.03. The minimum Gasteiger partial charge on any atom is -0.338 e. The minimum atomic E-state index is -4.37. The normalized spacial score (nSPS) is 29.2. The second-order valence-corrected chi connectivity index (χ2v) is 5.45. The number of alkyl halides is 3. The summed E-state index contributed by atoms with van der Waals surface area (Å²) >= 11 is 0. The molecule has 1 aromatic heterocycles. The van der Waals surface area contributed by atoms with Crippen molar-refractivity contribution in [3.05, 3.63) is 11.7 Å². The van der Waals surface area contributed by atoms with Gasteiger partial charge in [0.25, 0.3) is 0 Å². The SMILES string of the molecule is FC(F)(F)C1(c2nc(C3CCCC3)no2)CCNC1. The molecule has 0 bridgehead atoms. The highest BCUT2D eigenvalue weighted by molar-refractivity contribution is 5.15. The summed E-state index contributed by atoms with van der Waals surface area (Å²) in [6, 6.07) is 0. The van der Waals surface area contributed by atoms with Crippen LogP contribution in [0.15, 0.2) is 4.52 Å². The zero-order chi connectivity index (χ0) is 13.5. The van der Waals surface area contributed by atoms with Gasteiger partial charge >= 0.3 is 6.18 Å². The molecule has 2 heterocycles. The van der Waals surface area contributed by atoms with E-state index < -0.39 is 11.6 Å². The Morgan fingerprint density at radius 3 is 2.58 bits per heavy atom. The summed E-state index contributed by atoms with van der Waals surface area (Å²) in [5.41, 5.74) is -2.00. The fourth-order valence-electron chi connectivity index (χ4n) is 3.02. The number of nitrogens with one attached hydrogen (secondary N) is 1. The van der Waals surface area contributed by atoms with Gasteiger partial charge in [-0.25, -0.2) is 0 Å². The third kappa shape index (κ3) is 2.04. The van der Waals surface area contributed by atoms with Crippen LogP contribution >= 0.6 is 0 Å². The molecule has 1 saturated heterocycles. The molecule has 1 N–H and O–H groups in total. The topological polar surface area (TPSA) is 51.0 Å². The zero-order valence-corrected chi connectivity index (χ0v) is 10.5. The van der Waals surface area contributed by atoms with E-state index in [1.807, 2.05) is 0 Å². The number of rotatable bonds is 2. The van der Waals surface area contributed by atoms with E-state index in [0.29, 0.717) is 12.4 Å². The smallest absolute Gasteiger partial charge is 0.338 e. The third-order valence-corrected chi connectivity index (χ3v) is 4.27. The van der Waals surface area contributed by atoms with Crippen LogP contribution in [-0.2, 0) is 5.41 Å². The maximum absolute atomic E-state index is 13.3. The van der Waals surface area contributed by atoms with E-state index in [2.05, 4.69) is 15.5 Å². The predicted octanol–water partition coefficient (Wildman–Crippen LogP) is 2.52. The van der Waals surface area contributed by atoms with Crippen molar-refractivity contribution in [2.45, 2.75) is 49.6 Å². The van der Waals surface area contributed by atoms with Crippen molar-refractivity contribution in [1.82, 2.24) is 15.5 Å². The Morgan fingerprint density at radius 1 is 1.26 bits per heavy atom. The summed E-state index contributed by atoms with van der Waals surface area (Å²) in [6.07, 6.45) is -0.355. The number of nitrogens with zero attached hydrogens (tertiary/aromatic N) is 2. The van der Waals surface area contributed by atoms with E-state index in [1.54, 1.807) is 0 Å². The summed E-state index contributed by atoms with van der Waals surface area (Å²) in [7, 11) is 0. The molecule has 1 aliphatic carbocycles. The van der Waals surface area contributed by atoms with Gasteiger partial charge in [-0.1, -0.05) is 18.0 Å². The molecule has 7 heteroatoms. The molecule has 1 saturated carbocycles. The standard InChI is InChI=1S/C12H16F3N3O/c13-12(14,15)11(5-6-16-7-11)10-17-9(18-19-10)8-3-1-2-4-8/h8,16H,1-7H2. The van der Waals surface area contributed by atoms with Gasteiger partial charge in [0.05, 0.1) is 0 Å². The maximum atomic E-state index is 13.3. The second kappa shape index (κ2) is 4.47. The molecule has 0 spiro atoms. The summed E-state index contributed by atoms with van der Waals surface area (Å²) in [5, 5.41) is 6.54. The van der Waals surface area contributed by atoms with Gasteiger partial charge in [0, 0.05) is 12.5 Å². The van der Waals surface area contributed by atoms with Gasteiger partial charge < -0.3 is 9.84 Å². The van der Waals surface area contributed by atoms with Crippen molar-refractivity contribution in [3.63, 3.8) is 0 Å². The van der Waals surface area contributed by atoms with Gasteiger partial charge in [-0.3, -0.25) is 0 Å². The van der Waals surface area contributed by atoms with Crippen molar-refractivity contribution in [3.8, 4) is 0 Å². The summed E-state index contributed by atoms with van der Waals surface area (Å²) in [6.45, 7) is 0.142. The first kappa shape index (κ1) is 12.9. The highest BCUT2D eigenvalue weighted by Crippen LogP contribution is 2.45. The van der Waals surface area contributed by atoms with Crippen LogP contribution in [0.3, 0.4) is 0 Å². The van der Waals surface area contributed by atoms with Crippen LogP contribution in [0.5, 0.6) is 0 Å². The van der Waals surface area contributed by atoms with E-state index in [4.69, 9.17) is 4.52 Å². The molecule has 2 aliphatic rings. The Balaban J connectivity index is 1.91. The Morgan fingerprint density at radius 2 is 2.00 bits per heavy atom. The molecule has 3 rings (SSSR count). The molecule has 1 aromatic rings. The lowest BCUT2D eigenvalue weighted by molar-refractivity contribution is -0.191. The van der Waals surface area contributed by atoms with E-state index in [1.165, 1.54) is 0 Å². The zero-order valence-electron chi connectivity index (χ0n) is 10.5. The first-order chi connectivity index (χ1) is 9.03. The molecule has 4 nitrogen and oxygen atoms in total. The summed E-state index contributed by atoms with van der Waals surface area (Å²) in [4.78, 5) is 4.08. The van der Waals surface area contributed by atoms with E-state index in [0.717, 1.165) is 25.7 Å². The Labute approximate surface area is 108 Å². The van der Waals surface area contributed by atoms with Gasteiger partial charge in [0.2, 0.25) is 5.89 Å². The van der Waals surface area contributed by atoms with Gasteiger partial charge in [0.1, 0.15) is 0 Å². The van der Waals surface area contributed by atoms with Crippen molar-refractivity contribution < 1.29 is 17.7 Å². The van der Waals surface area contributed by atoms with Gasteiger partial charge in [0.15, 0.2) is 11.2 Å². The first-order valence-corrected chi connectivity index (χ1v) is 6.64. The minimum absolute atomic E-state index is 0.0389. The quantitative estimate of drug-likeness (QED) is 0.901. The highest BCUT2D eigenvalue weighted by atomic mass is 19.4. The lowest BCUT2D eigenvalue weighted by Crippen LogP contribution is -2.44. The fraction of sp³-hybridized carbons (Fsp3) is 0.833. The summed E-state index contributed by atoms with van der Waals surface area (Å²) in [5.74, 6) is 0.340. The highest BCUT2D eigenvalue weighted by Gasteiger charge is 2.61. The van der Waals surface area contributed by atoms with Gasteiger partial charge in [-0.15, -0.1) is 0 Å². The monoisotopic (exact) mass is 275 g/mol. The van der Waals surface area contributed by atoms with Gasteiger partial charge in [-0.2, -0.15) is 18.2 Å². The number of hydrogen-bond donors (Lipinski definition) is 1. The number of aromatic nitrogens is 2. The van der Waals surface area contributed by atoms with Gasteiger partial charge in [-0.05, 0) is 25.8 Å². The van der Waals surface area contributed by atoms with Crippen LogP contribution in [0.25, 0.3) is 0 Å². The Bertz CT molecular complexity index is 445. The average molecular weight is 275 g/mol. The average Bonchev–Trinajstić information content (AvgIpc) is 3.10. The van der Waals surface area contributed by atoms with E-state index in [-0.39, 0.29) is 24.8 Å². The molecule has 2 fully saturated rings. The van der Waals surface area contributed by atoms with Crippen LogP contribution in [0.2, 0.25) is 0 Å². The fourth-order valence-corrected chi connectivity index (χ4v) is 3.02. The first-order valence-electron chi connectivity index (χ1n) is 6.64. The molecule has 0 radical (unpaired) electrons. The molecule has 1 unspecified atom stereocenters. The van der Waals surface area contributed by atoms with Crippen molar-refractivity contribution in [2.75, 3.05) is 13.1 Å². The second-order valence-electron chi connectivity index (χ2n) is 5.45. The Hall–Kier alpha value is -1.11. The molecule has 0 amide bonds. The predicted molar refractivity (Wildman–Crippen MR) is 60.7 cm³/mol. The van der Waals surface area contributed by atoms with Crippen LogP contribution < -0.4 is 5.32 Å². The van der Waals surface area contributed by atoms with Crippen LogP contribution in [0.4, 0.5) is 13.2 Å². The van der Waals surface area contributed by atoms with Crippen LogP contribution in [0.1, 0.15) is 49.7 Å². The molecule has 1 atom stereocenters. The number of hydrogen-bond acceptors (Lipinski definition) is 4. The lowest BCUT2D eigenvalue weighted by Gasteiger charge is -2.26. The third-order valence-electron chi connectivity index (χ3n) is 4.27. The number of halogens is 3. The maximum Gasteiger partial charge on any atom is 0.404 e. The van der Waals surface area contributed by atoms with Crippen molar-refractivity contribution in [2.24, 2.45) is 0 Å². The largest absolute Gasteiger partial charge is 0.404 e. The molecule has 106 valence electrons. The molecule has 19 heavy (non-hydrogen) atoms.